The molecular formula is C7H16FN. The van der Waals surface area contributed by atoms with E-state index in [1.54, 1.807) is 13.8 Å². The van der Waals surface area contributed by atoms with Crippen LogP contribution in [0.15, 0.2) is 0 Å². The maximum absolute atomic E-state index is 12.7. The Labute approximate surface area is 56.4 Å². The molecule has 0 heterocycles. The minimum absolute atomic E-state index is 0.125. The van der Waals surface area contributed by atoms with Crippen molar-refractivity contribution in [2.24, 2.45) is 5.73 Å². The Kier molecular flexibility index (Phi) is 3.12. The molecule has 0 aliphatic rings. The predicted molar refractivity (Wildman–Crippen MR) is 38.1 cm³/mol. The van der Waals surface area contributed by atoms with E-state index in [1.807, 2.05) is 6.92 Å². The number of hydrogen-bond donors (Lipinski definition) is 1. The van der Waals surface area contributed by atoms with Crippen molar-refractivity contribution in [3.8, 4) is 0 Å². The molecule has 0 aromatic rings. The van der Waals surface area contributed by atoms with E-state index < -0.39 is 5.67 Å². The van der Waals surface area contributed by atoms with Crippen molar-refractivity contribution in [1.29, 1.82) is 0 Å². The molecule has 0 saturated carbocycles. The van der Waals surface area contributed by atoms with Crippen molar-refractivity contribution in [2.45, 2.75) is 45.3 Å². The highest BCUT2D eigenvalue weighted by atomic mass is 19.1. The minimum atomic E-state index is -1.05. The minimum Gasteiger partial charge on any atom is -0.328 e. The Morgan fingerprint density at radius 1 is 1.56 bits per heavy atom. The third-order valence-electron chi connectivity index (χ3n) is 1.19. The van der Waals surface area contributed by atoms with Gasteiger partial charge in [-0.2, -0.15) is 0 Å². The Hall–Kier alpha value is -0.110. The van der Waals surface area contributed by atoms with Crippen LogP contribution in [0.25, 0.3) is 0 Å². The summed E-state index contributed by atoms with van der Waals surface area (Å²) >= 11 is 0. The SMILES string of the molecule is C[C@@H](N)CCC(C)(C)F. The molecule has 0 fully saturated rings. The van der Waals surface area contributed by atoms with Crippen LogP contribution in [-0.2, 0) is 0 Å². The van der Waals surface area contributed by atoms with Crippen LogP contribution < -0.4 is 5.73 Å². The van der Waals surface area contributed by atoms with Crippen molar-refractivity contribution in [3.05, 3.63) is 0 Å². The summed E-state index contributed by atoms with van der Waals surface area (Å²) in [4.78, 5) is 0. The molecule has 0 radical (unpaired) electrons. The summed E-state index contributed by atoms with van der Waals surface area (Å²) in [5, 5.41) is 0. The van der Waals surface area contributed by atoms with Crippen LogP contribution in [-0.4, -0.2) is 11.7 Å². The van der Waals surface area contributed by atoms with Crippen molar-refractivity contribution < 1.29 is 4.39 Å². The molecule has 9 heavy (non-hydrogen) atoms. The molecule has 1 atom stereocenters. The molecule has 0 aromatic heterocycles. The second kappa shape index (κ2) is 3.16. The fourth-order valence-corrected chi connectivity index (χ4v) is 0.571. The second-order valence-electron chi connectivity index (χ2n) is 3.23. The molecule has 0 amide bonds. The van der Waals surface area contributed by atoms with Crippen molar-refractivity contribution in [3.63, 3.8) is 0 Å². The number of hydrogen-bond acceptors (Lipinski definition) is 1. The highest BCUT2D eigenvalue weighted by Gasteiger charge is 2.14. The van der Waals surface area contributed by atoms with Gasteiger partial charge in [0.2, 0.25) is 0 Å². The summed E-state index contributed by atoms with van der Waals surface area (Å²) in [6, 6.07) is 0.125. The van der Waals surface area contributed by atoms with Crippen LogP contribution >= 0.6 is 0 Å². The molecular weight excluding hydrogens is 117 g/mol. The van der Waals surface area contributed by atoms with E-state index >= 15 is 0 Å². The van der Waals surface area contributed by atoms with Gasteiger partial charge in [-0.05, 0) is 33.6 Å². The smallest absolute Gasteiger partial charge is 0.105 e. The van der Waals surface area contributed by atoms with E-state index in [-0.39, 0.29) is 6.04 Å². The van der Waals surface area contributed by atoms with Gasteiger partial charge >= 0.3 is 0 Å². The largest absolute Gasteiger partial charge is 0.328 e. The Morgan fingerprint density at radius 2 is 2.00 bits per heavy atom. The van der Waals surface area contributed by atoms with Crippen LogP contribution in [0.4, 0.5) is 4.39 Å². The summed E-state index contributed by atoms with van der Waals surface area (Å²) in [5.74, 6) is 0. The molecule has 0 unspecified atom stereocenters. The Morgan fingerprint density at radius 3 is 2.11 bits per heavy atom. The number of halogens is 1. The van der Waals surface area contributed by atoms with Gasteiger partial charge in [0.15, 0.2) is 0 Å². The molecule has 0 aliphatic heterocycles. The molecule has 2 heteroatoms. The Bertz CT molecular complexity index is 73.5. The van der Waals surface area contributed by atoms with E-state index in [0.29, 0.717) is 6.42 Å². The molecule has 0 bridgehead atoms. The fraction of sp³-hybridized carbons (Fsp3) is 1.00. The predicted octanol–water partition coefficient (Wildman–Crippen LogP) is 1.86. The first kappa shape index (κ1) is 8.89. The number of alkyl halides is 1. The third kappa shape index (κ3) is 7.89. The number of nitrogens with two attached hydrogens (primary N) is 1. The molecule has 0 aromatic carbocycles. The lowest BCUT2D eigenvalue weighted by Crippen LogP contribution is -2.20. The van der Waals surface area contributed by atoms with Crippen LogP contribution in [0.1, 0.15) is 33.6 Å². The lowest BCUT2D eigenvalue weighted by atomic mass is 10.0. The van der Waals surface area contributed by atoms with Crippen LogP contribution in [0.3, 0.4) is 0 Å². The van der Waals surface area contributed by atoms with Gasteiger partial charge in [-0.25, -0.2) is 4.39 Å². The quantitative estimate of drug-likeness (QED) is 0.624. The van der Waals surface area contributed by atoms with Crippen LogP contribution in [0.5, 0.6) is 0 Å². The standard InChI is InChI=1S/C7H16FN/c1-6(9)4-5-7(2,3)8/h6H,4-5,9H2,1-3H3/t6-/m1/s1. The molecule has 56 valence electrons. The van der Waals surface area contributed by atoms with E-state index in [9.17, 15) is 4.39 Å². The van der Waals surface area contributed by atoms with Gasteiger partial charge in [-0.3, -0.25) is 0 Å². The van der Waals surface area contributed by atoms with Gasteiger partial charge in [-0.15, -0.1) is 0 Å². The zero-order valence-corrected chi connectivity index (χ0v) is 6.45. The highest BCUT2D eigenvalue weighted by molar-refractivity contribution is 4.68. The van der Waals surface area contributed by atoms with E-state index in [0.717, 1.165) is 6.42 Å². The first-order valence-electron chi connectivity index (χ1n) is 3.36. The van der Waals surface area contributed by atoms with E-state index in [4.69, 9.17) is 5.73 Å². The molecule has 0 spiro atoms. The maximum Gasteiger partial charge on any atom is 0.105 e. The second-order valence-corrected chi connectivity index (χ2v) is 3.23. The van der Waals surface area contributed by atoms with Gasteiger partial charge < -0.3 is 5.73 Å². The Balaban J connectivity index is 3.28. The average Bonchev–Trinajstić information content (AvgIpc) is 1.59. The normalized spacial score (nSPS) is 15.7. The monoisotopic (exact) mass is 133 g/mol. The zero-order chi connectivity index (χ0) is 7.49. The van der Waals surface area contributed by atoms with Crippen molar-refractivity contribution in [2.75, 3.05) is 0 Å². The molecule has 0 saturated heterocycles. The highest BCUT2D eigenvalue weighted by Crippen LogP contribution is 2.16. The maximum atomic E-state index is 12.7. The van der Waals surface area contributed by atoms with Crippen LogP contribution in [0.2, 0.25) is 0 Å². The number of rotatable bonds is 3. The summed E-state index contributed by atoms with van der Waals surface area (Å²) in [6.45, 7) is 5.05. The summed E-state index contributed by atoms with van der Waals surface area (Å²) in [5.41, 5.74) is 4.38. The molecule has 0 aliphatic carbocycles. The lowest BCUT2D eigenvalue weighted by Gasteiger charge is -2.14. The van der Waals surface area contributed by atoms with Crippen LogP contribution in [0, 0.1) is 0 Å². The van der Waals surface area contributed by atoms with Crippen molar-refractivity contribution >= 4 is 0 Å². The van der Waals surface area contributed by atoms with Gasteiger partial charge in [-0.1, -0.05) is 0 Å². The summed E-state index contributed by atoms with van der Waals surface area (Å²) in [6.07, 6.45) is 1.33. The topological polar surface area (TPSA) is 26.0 Å². The molecule has 0 rings (SSSR count). The fourth-order valence-electron chi connectivity index (χ4n) is 0.571. The van der Waals surface area contributed by atoms with Gasteiger partial charge in [0.25, 0.3) is 0 Å². The van der Waals surface area contributed by atoms with E-state index in [1.165, 1.54) is 0 Å². The zero-order valence-electron chi connectivity index (χ0n) is 6.45. The first-order chi connectivity index (χ1) is 3.92. The summed E-state index contributed by atoms with van der Waals surface area (Å²) < 4.78 is 12.7. The summed E-state index contributed by atoms with van der Waals surface area (Å²) in [7, 11) is 0. The van der Waals surface area contributed by atoms with Gasteiger partial charge in [0, 0.05) is 6.04 Å². The average molecular weight is 133 g/mol. The van der Waals surface area contributed by atoms with Crippen molar-refractivity contribution in [1.82, 2.24) is 0 Å². The first-order valence-corrected chi connectivity index (χ1v) is 3.36. The van der Waals surface area contributed by atoms with Gasteiger partial charge in [0.1, 0.15) is 5.67 Å². The van der Waals surface area contributed by atoms with Gasteiger partial charge in [0.05, 0.1) is 0 Å². The third-order valence-corrected chi connectivity index (χ3v) is 1.19. The molecule has 1 nitrogen and oxygen atoms in total. The molecule has 2 N–H and O–H groups in total. The van der Waals surface area contributed by atoms with E-state index in [2.05, 4.69) is 0 Å². The lowest BCUT2D eigenvalue weighted by molar-refractivity contribution is 0.194.